The summed E-state index contributed by atoms with van der Waals surface area (Å²) in [6, 6.07) is 9.39. The van der Waals surface area contributed by atoms with Crippen LogP contribution in [-0.2, 0) is 4.79 Å². The van der Waals surface area contributed by atoms with Gasteiger partial charge in [0.1, 0.15) is 6.04 Å². The van der Waals surface area contributed by atoms with E-state index in [1.807, 2.05) is 19.9 Å². The van der Waals surface area contributed by atoms with E-state index in [0.29, 0.717) is 18.1 Å². The third kappa shape index (κ3) is 5.60. The van der Waals surface area contributed by atoms with Crippen LogP contribution in [0, 0.1) is 11.7 Å². The highest BCUT2D eigenvalue weighted by atomic mass is 19.1. The van der Waals surface area contributed by atoms with Crippen molar-refractivity contribution >= 4 is 5.91 Å². The zero-order valence-electron chi connectivity index (χ0n) is 16.3. The van der Waals surface area contributed by atoms with Gasteiger partial charge in [-0.2, -0.15) is 4.98 Å². The third-order valence-corrected chi connectivity index (χ3v) is 4.25. The third-order valence-electron chi connectivity index (χ3n) is 4.25. The first kappa shape index (κ1) is 20.4. The van der Waals surface area contributed by atoms with Crippen LogP contribution < -0.4 is 10.1 Å². The first-order valence-electron chi connectivity index (χ1n) is 9.45. The average Bonchev–Trinajstić information content (AvgIpc) is 3.21. The molecule has 3 aromatic rings. The largest absolute Gasteiger partial charge is 0.491 e. The SMILES string of the molecule is CC(C)C(NC(=O)CCCOc1ccccc1F)c1nc(-c2cccnc2)no1. The number of pyridine rings is 1. The van der Waals surface area contributed by atoms with Crippen LogP contribution in [0.25, 0.3) is 11.4 Å². The number of nitrogens with one attached hydrogen (secondary N) is 1. The molecule has 0 fully saturated rings. The normalized spacial score (nSPS) is 12.0. The van der Waals surface area contributed by atoms with E-state index in [-0.39, 0.29) is 30.6 Å². The maximum absolute atomic E-state index is 13.5. The maximum Gasteiger partial charge on any atom is 0.249 e. The molecule has 0 saturated heterocycles. The molecule has 0 aliphatic rings. The molecule has 7 nitrogen and oxygen atoms in total. The van der Waals surface area contributed by atoms with E-state index in [4.69, 9.17) is 9.26 Å². The molecule has 2 heterocycles. The number of aromatic nitrogens is 3. The quantitative estimate of drug-likeness (QED) is 0.549. The van der Waals surface area contributed by atoms with Crippen LogP contribution in [0.2, 0.25) is 0 Å². The van der Waals surface area contributed by atoms with Crippen LogP contribution in [0.5, 0.6) is 5.75 Å². The van der Waals surface area contributed by atoms with Gasteiger partial charge < -0.3 is 14.6 Å². The molecule has 0 bridgehead atoms. The van der Waals surface area contributed by atoms with Gasteiger partial charge in [-0.25, -0.2) is 4.39 Å². The van der Waals surface area contributed by atoms with Crippen LogP contribution in [0.1, 0.15) is 38.6 Å². The Kier molecular flexibility index (Phi) is 6.89. The highest BCUT2D eigenvalue weighted by Crippen LogP contribution is 2.23. The Morgan fingerprint density at radius 2 is 2.07 bits per heavy atom. The van der Waals surface area contributed by atoms with E-state index in [2.05, 4.69) is 20.4 Å². The molecule has 1 N–H and O–H groups in total. The van der Waals surface area contributed by atoms with E-state index < -0.39 is 11.9 Å². The van der Waals surface area contributed by atoms with E-state index in [9.17, 15) is 9.18 Å². The average molecular weight is 398 g/mol. The lowest BCUT2D eigenvalue weighted by Crippen LogP contribution is -2.32. The molecule has 1 amide bonds. The van der Waals surface area contributed by atoms with E-state index in [1.54, 1.807) is 36.7 Å². The summed E-state index contributed by atoms with van der Waals surface area (Å²) in [6.45, 7) is 4.16. The lowest BCUT2D eigenvalue weighted by atomic mass is 10.0. The van der Waals surface area contributed by atoms with Crippen molar-refractivity contribution in [3.8, 4) is 17.1 Å². The number of rotatable bonds is 9. The van der Waals surface area contributed by atoms with Crippen LogP contribution >= 0.6 is 0 Å². The van der Waals surface area contributed by atoms with Gasteiger partial charge in [-0.3, -0.25) is 9.78 Å². The number of nitrogens with zero attached hydrogens (tertiary/aromatic N) is 3. The Morgan fingerprint density at radius 1 is 1.24 bits per heavy atom. The minimum Gasteiger partial charge on any atom is -0.491 e. The van der Waals surface area contributed by atoms with Crippen molar-refractivity contribution in [2.45, 2.75) is 32.7 Å². The zero-order chi connectivity index (χ0) is 20.6. The van der Waals surface area contributed by atoms with Gasteiger partial charge in [-0.15, -0.1) is 0 Å². The van der Waals surface area contributed by atoms with Crippen LogP contribution in [0.15, 0.2) is 53.3 Å². The molecule has 1 aromatic carbocycles. The first-order valence-corrected chi connectivity index (χ1v) is 9.45. The number of amides is 1. The van der Waals surface area contributed by atoms with Crippen molar-refractivity contribution in [3.63, 3.8) is 0 Å². The second-order valence-corrected chi connectivity index (χ2v) is 6.87. The summed E-state index contributed by atoms with van der Waals surface area (Å²) in [4.78, 5) is 20.8. The van der Waals surface area contributed by atoms with Gasteiger partial charge in [-0.1, -0.05) is 31.1 Å². The number of hydrogen-bond donors (Lipinski definition) is 1. The van der Waals surface area contributed by atoms with Crippen LogP contribution in [0.3, 0.4) is 0 Å². The fourth-order valence-corrected chi connectivity index (χ4v) is 2.71. The van der Waals surface area contributed by atoms with Crippen LogP contribution in [0.4, 0.5) is 4.39 Å². The molecule has 29 heavy (non-hydrogen) atoms. The molecule has 0 aliphatic heterocycles. The summed E-state index contributed by atoms with van der Waals surface area (Å²) >= 11 is 0. The molecule has 8 heteroatoms. The maximum atomic E-state index is 13.5. The number of ether oxygens (including phenoxy) is 1. The monoisotopic (exact) mass is 398 g/mol. The van der Waals surface area contributed by atoms with Gasteiger partial charge in [0.05, 0.1) is 6.61 Å². The van der Waals surface area contributed by atoms with Gasteiger partial charge in [0.25, 0.3) is 0 Å². The van der Waals surface area contributed by atoms with Crippen molar-refractivity contribution in [2.75, 3.05) is 6.61 Å². The first-order chi connectivity index (χ1) is 14.0. The van der Waals surface area contributed by atoms with Gasteiger partial charge >= 0.3 is 0 Å². The second kappa shape index (κ2) is 9.77. The van der Waals surface area contributed by atoms with E-state index >= 15 is 0 Å². The lowest BCUT2D eigenvalue weighted by Gasteiger charge is -2.18. The van der Waals surface area contributed by atoms with Crippen molar-refractivity contribution in [2.24, 2.45) is 5.92 Å². The molecule has 152 valence electrons. The molecular formula is C21H23FN4O3. The Hall–Kier alpha value is -3.29. The predicted molar refractivity (Wildman–Crippen MR) is 104 cm³/mol. The van der Waals surface area contributed by atoms with Gasteiger partial charge in [0.15, 0.2) is 11.6 Å². The topological polar surface area (TPSA) is 90.1 Å². The fourth-order valence-electron chi connectivity index (χ4n) is 2.71. The summed E-state index contributed by atoms with van der Waals surface area (Å²) in [6.07, 6.45) is 4.00. The van der Waals surface area contributed by atoms with Gasteiger partial charge in [-0.05, 0) is 36.6 Å². The molecule has 2 aromatic heterocycles. The van der Waals surface area contributed by atoms with E-state index in [0.717, 1.165) is 5.56 Å². The minimum atomic E-state index is -0.419. The molecule has 1 unspecified atom stereocenters. The molecule has 0 aliphatic carbocycles. The summed E-state index contributed by atoms with van der Waals surface area (Å²) in [5.74, 6) is 0.415. The van der Waals surface area contributed by atoms with Crippen molar-refractivity contribution in [1.82, 2.24) is 20.4 Å². The minimum absolute atomic E-state index is 0.0517. The predicted octanol–water partition coefficient (Wildman–Crippen LogP) is 3.94. The Labute approximate surface area is 168 Å². The molecule has 0 spiro atoms. The molecule has 3 rings (SSSR count). The van der Waals surface area contributed by atoms with Crippen molar-refractivity contribution in [3.05, 3.63) is 60.5 Å². The number of para-hydroxylation sites is 1. The zero-order valence-corrected chi connectivity index (χ0v) is 16.3. The summed E-state index contributed by atoms with van der Waals surface area (Å²) in [5.41, 5.74) is 0.738. The Morgan fingerprint density at radius 3 is 2.79 bits per heavy atom. The highest BCUT2D eigenvalue weighted by molar-refractivity contribution is 5.76. The molecule has 0 radical (unpaired) electrons. The molecule has 0 saturated carbocycles. The van der Waals surface area contributed by atoms with E-state index in [1.165, 1.54) is 6.07 Å². The molecule has 1 atom stereocenters. The fraction of sp³-hybridized carbons (Fsp3) is 0.333. The Bertz CT molecular complexity index is 930. The van der Waals surface area contributed by atoms with Crippen molar-refractivity contribution < 1.29 is 18.4 Å². The summed E-state index contributed by atoms with van der Waals surface area (Å²) in [7, 11) is 0. The van der Waals surface area contributed by atoms with Gasteiger partial charge in [0, 0.05) is 24.4 Å². The second-order valence-electron chi connectivity index (χ2n) is 6.87. The number of carbonyl (C=O) groups excluding carboxylic acids is 1. The number of hydrogen-bond acceptors (Lipinski definition) is 6. The smallest absolute Gasteiger partial charge is 0.249 e. The molecular weight excluding hydrogens is 375 g/mol. The standard InChI is InChI=1S/C21H23FN4O3/c1-14(2)19(21-25-20(26-29-21)15-7-5-11-23-13-15)24-18(27)10-6-12-28-17-9-4-3-8-16(17)22/h3-5,7-9,11,13-14,19H,6,10,12H2,1-2H3,(H,24,27). The number of benzene rings is 1. The summed E-state index contributed by atoms with van der Waals surface area (Å²) in [5, 5.41) is 6.91. The van der Waals surface area contributed by atoms with Gasteiger partial charge in [0.2, 0.25) is 17.6 Å². The number of halogens is 1. The van der Waals surface area contributed by atoms with Crippen molar-refractivity contribution in [1.29, 1.82) is 0 Å². The number of carbonyl (C=O) groups is 1. The highest BCUT2D eigenvalue weighted by Gasteiger charge is 2.24. The van der Waals surface area contributed by atoms with Crippen LogP contribution in [-0.4, -0.2) is 27.6 Å². The lowest BCUT2D eigenvalue weighted by molar-refractivity contribution is -0.122. The summed E-state index contributed by atoms with van der Waals surface area (Å²) < 4.78 is 24.3. The Balaban J connectivity index is 1.53.